The molecule has 3 rings (SSSR count). The van der Waals surface area contributed by atoms with Crippen molar-refractivity contribution in [3.63, 3.8) is 0 Å². The van der Waals surface area contributed by atoms with Crippen LogP contribution in [-0.4, -0.2) is 40.0 Å². The average molecular weight is 368 g/mol. The molecule has 0 spiro atoms. The van der Waals surface area contributed by atoms with E-state index in [1.54, 1.807) is 18.3 Å². The Bertz CT molecular complexity index is 767. The second-order valence-electron chi connectivity index (χ2n) is 7.15. The number of aromatic nitrogens is 2. The molecule has 1 atom stereocenters. The van der Waals surface area contributed by atoms with Gasteiger partial charge in [0.1, 0.15) is 0 Å². The number of hydrogen-bond acceptors (Lipinski definition) is 3. The number of piperidine rings is 1. The van der Waals surface area contributed by atoms with Crippen LogP contribution in [0.4, 0.5) is 5.69 Å². The first-order chi connectivity index (χ1) is 13.1. The first-order valence-electron chi connectivity index (χ1n) is 9.82. The van der Waals surface area contributed by atoms with Gasteiger partial charge >= 0.3 is 0 Å². The van der Waals surface area contributed by atoms with Crippen LogP contribution in [0.2, 0.25) is 0 Å². The number of likely N-dealkylation sites (tertiary alicyclic amines) is 1. The molecule has 0 bridgehead atoms. The van der Waals surface area contributed by atoms with Crippen LogP contribution in [-0.2, 0) is 4.79 Å². The van der Waals surface area contributed by atoms with Crippen LogP contribution < -0.4 is 5.32 Å². The number of anilines is 1. The van der Waals surface area contributed by atoms with Crippen LogP contribution in [0.25, 0.3) is 0 Å². The standard InChI is InChI=1S/C21H28N4O2/c1-3-15(4-2)21(27)25-12-8-11-17(14-25)19-18(13-22-24-19)23-20(26)16-9-6-5-7-10-16/h5-7,9-10,13,15,17H,3-4,8,11-12,14H2,1-2H3,(H,22,24)(H,23,26). The Balaban J connectivity index is 1.71. The Morgan fingerprint density at radius 1 is 1.26 bits per heavy atom. The Hall–Kier alpha value is -2.63. The van der Waals surface area contributed by atoms with Gasteiger partial charge < -0.3 is 10.2 Å². The van der Waals surface area contributed by atoms with E-state index < -0.39 is 0 Å². The average Bonchev–Trinajstić information content (AvgIpc) is 3.17. The molecule has 2 N–H and O–H groups in total. The van der Waals surface area contributed by atoms with Crippen molar-refractivity contribution in [2.45, 2.75) is 45.4 Å². The van der Waals surface area contributed by atoms with Crippen molar-refractivity contribution >= 4 is 17.5 Å². The van der Waals surface area contributed by atoms with Gasteiger partial charge in [0.25, 0.3) is 5.91 Å². The van der Waals surface area contributed by atoms with Gasteiger partial charge in [-0.25, -0.2) is 0 Å². The Morgan fingerprint density at radius 3 is 2.70 bits per heavy atom. The zero-order valence-electron chi connectivity index (χ0n) is 16.1. The fourth-order valence-electron chi connectivity index (χ4n) is 3.80. The van der Waals surface area contributed by atoms with Crippen LogP contribution in [0.15, 0.2) is 36.5 Å². The molecular formula is C21H28N4O2. The van der Waals surface area contributed by atoms with Gasteiger partial charge in [0.05, 0.1) is 17.6 Å². The topological polar surface area (TPSA) is 78.1 Å². The fraction of sp³-hybridized carbons (Fsp3) is 0.476. The molecule has 1 aliphatic heterocycles. The van der Waals surface area contributed by atoms with Crippen LogP contribution in [0.3, 0.4) is 0 Å². The van der Waals surface area contributed by atoms with Gasteiger partial charge in [-0.05, 0) is 37.8 Å². The maximum Gasteiger partial charge on any atom is 0.255 e. The number of benzene rings is 1. The predicted molar refractivity (Wildman–Crippen MR) is 106 cm³/mol. The number of rotatable bonds is 6. The summed E-state index contributed by atoms with van der Waals surface area (Å²) in [6.45, 7) is 5.62. The lowest BCUT2D eigenvalue weighted by atomic mass is 9.92. The molecule has 144 valence electrons. The number of amides is 2. The van der Waals surface area contributed by atoms with Gasteiger partial charge in [-0.15, -0.1) is 0 Å². The predicted octanol–water partition coefficient (Wildman–Crippen LogP) is 3.80. The van der Waals surface area contributed by atoms with E-state index in [0.717, 1.165) is 37.9 Å². The molecule has 1 aliphatic rings. The van der Waals surface area contributed by atoms with Gasteiger partial charge in [0, 0.05) is 30.5 Å². The number of carbonyl (C=O) groups is 2. The largest absolute Gasteiger partial charge is 0.342 e. The summed E-state index contributed by atoms with van der Waals surface area (Å²) in [5, 5.41) is 10.1. The lowest BCUT2D eigenvalue weighted by Gasteiger charge is -2.34. The third-order valence-corrected chi connectivity index (χ3v) is 5.43. The van der Waals surface area contributed by atoms with Crippen molar-refractivity contribution in [3.05, 3.63) is 47.8 Å². The molecule has 1 saturated heterocycles. The highest BCUT2D eigenvalue weighted by Crippen LogP contribution is 2.31. The van der Waals surface area contributed by atoms with E-state index in [2.05, 4.69) is 29.4 Å². The molecule has 1 aromatic heterocycles. The summed E-state index contributed by atoms with van der Waals surface area (Å²) in [7, 11) is 0. The summed E-state index contributed by atoms with van der Waals surface area (Å²) in [5.74, 6) is 0.353. The second-order valence-corrected chi connectivity index (χ2v) is 7.15. The van der Waals surface area contributed by atoms with Crippen molar-refractivity contribution in [2.24, 2.45) is 5.92 Å². The molecule has 0 radical (unpaired) electrons. The minimum atomic E-state index is -0.154. The van der Waals surface area contributed by atoms with E-state index in [9.17, 15) is 9.59 Å². The molecule has 0 saturated carbocycles. The van der Waals surface area contributed by atoms with Crippen molar-refractivity contribution < 1.29 is 9.59 Å². The van der Waals surface area contributed by atoms with Crippen molar-refractivity contribution in [1.29, 1.82) is 0 Å². The SMILES string of the molecule is CCC(CC)C(=O)N1CCCC(c2[nH]ncc2NC(=O)c2ccccc2)C1. The van der Waals surface area contributed by atoms with E-state index in [-0.39, 0.29) is 23.7 Å². The quantitative estimate of drug-likeness (QED) is 0.814. The minimum Gasteiger partial charge on any atom is -0.342 e. The second kappa shape index (κ2) is 8.84. The van der Waals surface area contributed by atoms with Crippen LogP contribution in [0.1, 0.15) is 61.5 Å². The van der Waals surface area contributed by atoms with Gasteiger partial charge in [-0.2, -0.15) is 5.10 Å². The molecule has 6 nitrogen and oxygen atoms in total. The number of carbonyl (C=O) groups excluding carboxylic acids is 2. The monoisotopic (exact) mass is 368 g/mol. The number of nitrogens with zero attached hydrogens (tertiary/aromatic N) is 2. The Kier molecular flexibility index (Phi) is 6.27. The normalized spacial score (nSPS) is 17.1. The zero-order chi connectivity index (χ0) is 19.2. The van der Waals surface area contributed by atoms with E-state index >= 15 is 0 Å². The Morgan fingerprint density at radius 2 is 2.00 bits per heavy atom. The van der Waals surface area contributed by atoms with E-state index in [0.29, 0.717) is 17.8 Å². The van der Waals surface area contributed by atoms with Crippen LogP contribution in [0, 0.1) is 5.92 Å². The highest BCUT2D eigenvalue weighted by molar-refractivity contribution is 6.04. The van der Waals surface area contributed by atoms with Gasteiger partial charge in [-0.3, -0.25) is 14.7 Å². The maximum absolute atomic E-state index is 12.8. The first kappa shape index (κ1) is 19.1. The molecule has 6 heteroatoms. The van der Waals surface area contributed by atoms with Gasteiger partial charge in [-0.1, -0.05) is 32.0 Å². The maximum atomic E-state index is 12.8. The highest BCUT2D eigenvalue weighted by atomic mass is 16.2. The highest BCUT2D eigenvalue weighted by Gasteiger charge is 2.30. The molecule has 1 aromatic carbocycles. The number of hydrogen-bond donors (Lipinski definition) is 2. The van der Waals surface area contributed by atoms with Crippen molar-refractivity contribution in [1.82, 2.24) is 15.1 Å². The number of H-pyrrole nitrogens is 1. The van der Waals surface area contributed by atoms with Crippen LogP contribution in [0.5, 0.6) is 0 Å². The smallest absolute Gasteiger partial charge is 0.255 e. The fourth-order valence-corrected chi connectivity index (χ4v) is 3.80. The van der Waals surface area contributed by atoms with Crippen LogP contribution >= 0.6 is 0 Å². The van der Waals surface area contributed by atoms with Gasteiger partial charge in [0.15, 0.2) is 0 Å². The van der Waals surface area contributed by atoms with Gasteiger partial charge in [0.2, 0.25) is 5.91 Å². The molecule has 2 heterocycles. The number of nitrogens with one attached hydrogen (secondary N) is 2. The van der Waals surface area contributed by atoms with E-state index in [1.807, 2.05) is 23.1 Å². The minimum absolute atomic E-state index is 0.0998. The lowest BCUT2D eigenvalue weighted by molar-refractivity contribution is -0.137. The van der Waals surface area contributed by atoms with E-state index in [1.165, 1.54) is 0 Å². The van der Waals surface area contributed by atoms with E-state index in [4.69, 9.17) is 0 Å². The molecular weight excluding hydrogens is 340 g/mol. The molecule has 1 fully saturated rings. The summed E-state index contributed by atoms with van der Waals surface area (Å²) in [6.07, 6.45) is 5.33. The lowest BCUT2D eigenvalue weighted by Crippen LogP contribution is -2.42. The summed E-state index contributed by atoms with van der Waals surface area (Å²) in [4.78, 5) is 27.2. The molecule has 27 heavy (non-hydrogen) atoms. The summed E-state index contributed by atoms with van der Waals surface area (Å²) >= 11 is 0. The summed E-state index contributed by atoms with van der Waals surface area (Å²) < 4.78 is 0. The summed E-state index contributed by atoms with van der Waals surface area (Å²) in [5.41, 5.74) is 2.21. The summed E-state index contributed by atoms with van der Waals surface area (Å²) in [6, 6.07) is 9.13. The van der Waals surface area contributed by atoms with Crippen molar-refractivity contribution in [2.75, 3.05) is 18.4 Å². The third-order valence-electron chi connectivity index (χ3n) is 5.43. The molecule has 2 aromatic rings. The first-order valence-corrected chi connectivity index (χ1v) is 9.82. The molecule has 2 amide bonds. The Labute approximate surface area is 160 Å². The van der Waals surface area contributed by atoms with Crippen molar-refractivity contribution in [3.8, 4) is 0 Å². The molecule has 1 unspecified atom stereocenters. The third kappa shape index (κ3) is 4.38. The zero-order valence-corrected chi connectivity index (χ0v) is 16.1. The number of aromatic amines is 1. The molecule has 0 aliphatic carbocycles.